The molecule has 1 aliphatic rings. The molecule has 3 rings (SSSR count). The molecule has 3 N–H and O–H groups in total. The van der Waals surface area contributed by atoms with E-state index in [0.717, 1.165) is 10.0 Å². The first-order valence-corrected chi connectivity index (χ1v) is 8.38. The summed E-state index contributed by atoms with van der Waals surface area (Å²) in [5.41, 5.74) is 6.56. The number of nitrogens with two attached hydrogens (primary N) is 1. The lowest BCUT2D eigenvalue weighted by atomic mass is 9.76. The smallest absolute Gasteiger partial charge is 0.0727 e. The van der Waals surface area contributed by atoms with Gasteiger partial charge in [0, 0.05) is 4.47 Å². The molecule has 1 fully saturated rings. The van der Waals surface area contributed by atoms with Gasteiger partial charge in [-0.2, -0.15) is 0 Å². The van der Waals surface area contributed by atoms with E-state index in [1.54, 1.807) is 0 Å². The molecule has 21 heavy (non-hydrogen) atoms. The second-order valence-corrected chi connectivity index (χ2v) is 6.73. The summed E-state index contributed by atoms with van der Waals surface area (Å²) in [4.78, 5) is 0. The van der Waals surface area contributed by atoms with Crippen molar-refractivity contribution in [3.8, 4) is 0 Å². The van der Waals surface area contributed by atoms with Gasteiger partial charge in [-0.15, -0.1) is 0 Å². The van der Waals surface area contributed by atoms with Gasteiger partial charge in [-0.3, -0.25) is 5.84 Å². The highest BCUT2D eigenvalue weighted by molar-refractivity contribution is 9.10. The van der Waals surface area contributed by atoms with Crippen LogP contribution in [0.3, 0.4) is 0 Å². The molecule has 0 bridgehead atoms. The zero-order valence-corrected chi connectivity index (χ0v) is 14.0. The Kier molecular flexibility index (Phi) is 4.65. The second kappa shape index (κ2) is 6.49. The minimum atomic E-state index is -0.0909. The summed E-state index contributed by atoms with van der Waals surface area (Å²) in [5, 5.41) is 0.712. The van der Waals surface area contributed by atoms with Gasteiger partial charge in [-0.05, 0) is 57.4 Å². The van der Waals surface area contributed by atoms with Gasteiger partial charge in [-0.1, -0.05) is 54.4 Å². The van der Waals surface area contributed by atoms with E-state index in [1.807, 2.05) is 18.2 Å². The predicted molar refractivity (Wildman–Crippen MR) is 91.4 cm³/mol. The Morgan fingerprint density at radius 2 is 1.81 bits per heavy atom. The summed E-state index contributed by atoms with van der Waals surface area (Å²) < 4.78 is 0.892. The van der Waals surface area contributed by atoms with Crippen LogP contribution in [-0.4, -0.2) is 0 Å². The molecule has 1 atom stereocenters. The Labute approximate surface area is 138 Å². The minimum Gasteiger partial charge on any atom is -0.271 e. The third-order valence-electron chi connectivity index (χ3n) is 4.31. The van der Waals surface area contributed by atoms with Gasteiger partial charge in [0.25, 0.3) is 0 Å². The van der Waals surface area contributed by atoms with Crippen molar-refractivity contribution in [3.63, 3.8) is 0 Å². The fourth-order valence-corrected chi connectivity index (χ4v) is 3.57. The molecule has 0 saturated heterocycles. The Morgan fingerprint density at radius 1 is 1.10 bits per heavy atom. The van der Waals surface area contributed by atoms with E-state index < -0.39 is 0 Å². The van der Waals surface area contributed by atoms with E-state index in [4.69, 9.17) is 17.4 Å². The van der Waals surface area contributed by atoms with Crippen LogP contribution in [0.4, 0.5) is 0 Å². The number of hydrogen-bond acceptors (Lipinski definition) is 2. The molecule has 0 amide bonds. The third-order valence-corrected chi connectivity index (χ3v) is 5.62. The quantitative estimate of drug-likeness (QED) is 0.596. The van der Waals surface area contributed by atoms with E-state index in [-0.39, 0.29) is 6.04 Å². The van der Waals surface area contributed by atoms with Crippen LogP contribution in [0, 0.1) is 0 Å². The largest absolute Gasteiger partial charge is 0.271 e. The van der Waals surface area contributed by atoms with E-state index in [1.165, 1.54) is 30.4 Å². The Morgan fingerprint density at radius 3 is 2.48 bits per heavy atom. The van der Waals surface area contributed by atoms with Crippen molar-refractivity contribution < 1.29 is 0 Å². The maximum atomic E-state index is 6.45. The molecule has 0 heterocycles. The fourth-order valence-electron chi connectivity index (χ4n) is 2.96. The minimum absolute atomic E-state index is 0.0909. The summed E-state index contributed by atoms with van der Waals surface area (Å²) in [5.74, 6) is 6.52. The first kappa shape index (κ1) is 15.0. The number of hydrogen-bond donors (Lipinski definition) is 2. The first-order valence-electron chi connectivity index (χ1n) is 7.21. The molecule has 1 unspecified atom stereocenters. The zero-order chi connectivity index (χ0) is 14.8. The summed E-state index contributed by atoms with van der Waals surface area (Å²) in [6.07, 6.45) is 3.85. The van der Waals surface area contributed by atoms with Crippen molar-refractivity contribution in [1.29, 1.82) is 0 Å². The zero-order valence-electron chi connectivity index (χ0n) is 11.7. The highest BCUT2D eigenvalue weighted by atomic mass is 79.9. The van der Waals surface area contributed by atoms with E-state index >= 15 is 0 Å². The molecule has 2 aromatic carbocycles. The number of rotatable bonds is 4. The maximum Gasteiger partial charge on any atom is 0.0727 e. The lowest BCUT2D eigenvalue weighted by molar-refractivity contribution is 0.414. The van der Waals surface area contributed by atoms with Gasteiger partial charge in [0.15, 0.2) is 0 Å². The lowest BCUT2D eigenvalue weighted by Crippen LogP contribution is -2.30. The summed E-state index contributed by atoms with van der Waals surface area (Å²) in [6, 6.07) is 14.4. The van der Waals surface area contributed by atoms with Crippen LogP contribution < -0.4 is 11.3 Å². The molecule has 110 valence electrons. The molecule has 0 radical (unpaired) electrons. The molecule has 1 saturated carbocycles. The van der Waals surface area contributed by atoms with Crippen LogP contribution in [0.5, 0.6) is 0 Å². The molecule has 0 spiro atoms. The highest BCUT2D eigenvalue weighted by Crippen LogP contribution is 2.41. The normalized spacial score (nSPS) is 16.5. The van der Waals surface area contributed by atoms with Crippen molar-refractivity contribution in [2.45, 2.75) is 31.2 Å². The monoisotopic (exact) mass is 364 g/mol. The maximum absolute atomic E-state index is 6.45. The van der Waals surface area contributed by atoms with Crippen molar-refractivity contribution in [1.82, 2.24) is 5.43 Å². The summed E-state index contributed by atoms with van der Waals surface area (Å²) >= 11 is 9.94. The number of halogens is 2. The molecule has 0 aromatic heterocycles. The van der Waals surface area contributed by atoms with E-state index in [9.17, 15) is 0 Å². The van der Waals surface area contributed by atoms with Gasteiger partial charge in [0.1, 0.15) is 0 Å². The van der Waals surface area contributed by atoms with Crippen LogP contribution in [0.15, 0.2) is 46.9 Å². The average molecular weight is 366 g/mol. The van der Waals surface area contributed by atoms with Gasteiger partial charge in [0.05, 0.1) is 11.1 Å². The third kappa shape index (κ3) is 2.88. The molecular formula is C17H18BrClN2. The molecule has 0 aliphatic heterocycles. The summed E-state index contributed by atoms with van der Waals surface area (Å²) in [6.45, 7) is 0. The SMILES string of the molecule is NNC(c1ccccc1C1CCC1)c1cccc(Br)c1Cl. The molecule has 1 aliphatic carbocycles. The topological polar surface area (TPSA) is 38.0 Å². The van der Waals surface area contributed by atoms with Crippen LogP contribution in [0.1, 0.15) is 47.9 Å². The van der Waals surface area contributed by atoms with Gasteiger partial charge >= 0.3 is 0 Å². The molecule has 2 nitrogen and oxygen atoms in total. The lowest BCUT2D eigenvalue weighted by Gasteiger charge is -2.30. The number of nitrogens with one attached hydrogen (secondary N) is 1. The van der Waals surface area contributed by atoms with E-state index in [2.05, 4.69) is 45.6 Å². The highest BCUT2D eigenvalue weighted by Gasteiger charge is 2.26. The standard InChI is InChI=1S/C17H18BrClN2/c18-15-10-4-9-14(16(15)19)17(21-20)13-8-2-1-7-12(13)11-5-3-6-11/h1-2,4,7-11,17,21H,3,5-6,20H2. The van der Waals surface area contributed by atoms with Crippen LogP contribution in [0.25, 0.3) is 0 Å². The van der Waals surface area contributed by atoms with Gasteiger partial charge in [-0.25, -0.2) is 5.43 Å². The van der Waals surface area contributed by atoms with Crippen molar-refractivity contribution in [2.24, 2.45) is 5.84 Å². The molecule has 2 aromatic rings. The van der Waals surface area contributed by atoms with Gasteiger partial charge < -0.3 is 0 Å². The van der Waals surface area contributed by atoms with Crippen LogP contribution >= 0.6 is 27.5 Å². The Hall–Kier alpha value is -0.870. The fraction of sp³-hybridized carbons (Fsp3) is 0.294. The Balaban J connectivity index is 2.06. The first-order chi connectivity index (χ1) is 10.2. The summed E-state index contributed by atoms with van der Waals surface area (Å²) in [7, 11) is 0. The van der Waals surface area contributed by atoms with Crippen LogP contribution in [0.2, 0.25) is 5.02 Å². The van der Waals surface area contributed by atoms with Crippen molar-refractivity contribution >= 4 is 27.5 Å². The molecule has 4 heteroatoms. The van der Waals surface area contributed by atoms with Gasteiger partial charge in [0.2, 0.25) is 0 Å². The van der Waals surface area contributed by atoms with Crippen molar-refractivity contribution in [3.05, 3.63) is 68.7 Å². The van der Waals surface area contributed by atoms with Crippen molar-refractivity contribution in [2.75, 3.05) is 0 Å². The Bertz CT molecular complexity index is 640. The predicted octanol–water partition coefficient (Wildman–Crippen LogP) is 4.92. The average Bonchev–Trinajstić information content (AvgIpc) is 2.44. The van der Waals surface area contributed by atoms with Crippen LogP contribution in [-0.2, 0) is 0 Å². The number of benzene rings is 2. The number of hydrazine groups is 1. The second-order valence-electron chi connectivity index (χ2n) is 5.50. The van der Waals surface area contributed by atoms with E-state index in [0.29, 0.717) is 10.9 Å². The molecular weight excluding hydrogens is 348 g/mol.